The van der Waals surface area contributed by atoms with Gasteiger partial charge in [-0.05, 0) is 65.2 Å². The molecule has 2 aliphatic rings. The molecule has 0 radical (unpaired) electrons. The van der Waals surface area contributed by atoms with Gasteiger partial charge in [-0.15, -0.1) is 0 Å². The number of hydrogen-bond donors (Lipinski definition) is 1. The Morgan fingerprint density at radius 3 is 2.69 bits per heavy atom. The molecular weight excluding hydrogens is 200 g/mol. The third kappa shape index (κ3) is 2.96. The minimum atomic E-state index is -0.126. The molecule has 3 heteroatoms. The van der Waals surface area contributed by atoms with Gasteiger partial charge in [-0.2, -0.15) is 0 Å². The van der Waals surface area contributed by atoms with Crippen molar-refractivity contribution in [3.05, 3.63) is 0 Å². The zero-order valence-electron chi connectivity index (χ0n) is 10.7. The Kier molecular flexibility index (Phi) is 4.22. The third-order valence-electron chi connectivity index (χ3n) is 4.44. The SMILES string of the molecule is CC(O)C1CCN(CCC2CCCN2C)C1. The van der Waals surface area contributed by atoms with Crippen molar-refractivity contribution < 1.29 is 5.11 Å². The van der Waals surface area contributed by atoms with Crippen molar-refractivity contribution in [3.8, 4) is 0 Å². The van der Waals surface area contributed by atoms with E-state index in [0.717, 1.165) is 12.6 Å². The van der Waals surface area contributed by atoms with E-state index in [1.807, 2.05) is 6.92 Å². The number of aliphatic hydroxyl groups excluding tert-OH is 1. The molecular formula is C13H26N2O. The summed E-state index contributed by atoms with van der Waals surface area (Å²) >= 11 is 0. The van der Waals surface area contributed by atoms with Crippen LogP contribution >= 0.6 is 0 Å². The van der Waals surface area contributed by atoms with E-state index in [-0.39, 0.29) is 6.10 Å². The van der Waals surface area contributed by atoms with Crippen molar-refractivity contribution in [2.75, 3.05) is 33.2 Å². The van der Waals surface area contributed by atoms with E-state index in [1.54, 1.807) is 0 Å². The fraction of sp³-hybridized carbons (Fsp3) is 1.00. The second-order valence-corrected chi connectivity index (χ2v) is 5.66. The van der Waals surface area contributed by atoms with Gasteiger partial charge in [-0.3, -0.25) is 0 Å². The Bertz CT molecular complexity index is 220. The summed E-state index contributed by atoms with van der Waals surface area (Å²) in [5.74, 6) is 0.515. The van der Waals surface area contributed by atoms with Crippen LogP contribution in [0.5, 0.6) is 0 Å². The van der Waals surface area contributed by atoms with E-state index in [4.69, 9.17) is 0 Å². The third-order valence-corrected chi connectivity index (χ3v) is 4.44. The van der Waals surface area contributed by atoms with Crippen molar-refractivity contribution in [2.24, 2.45) is 5.92 Å². The van der Waals surface area contributed by atoms with Gasteiger partial charge in [0.15, 0.2) is 0 Å². The van der Waals surface area contributed by atoms with E-state index in [9.17, 15) is 5.11 Å². The summed E-state index contributed by atoms with van der Waals surface area (Å²) < 4.78 is 0. The topological polar surface area (TPSA) is 26.7 Å². The molecule has 0 saturated carbocycles. The number of rotatable bonds is 4. The second-order valence-electron chi connectivity index (χ2n) is 5.66. The zero-order chi connectivity index (χ0) is 11.5. The first-order valence-electron chi connectivity index (χ1n) is 6.77. The molecule has 94 valence electrons. The van der Waals surface area contributed by atoms with Gasteiger partial charge >= 0.3 is 0 Å². The van der Waals surface area contributed by atoms with E-state index in [0.29, 0.717) is 5.92 Å². The van der Waals surface area contributed by atoms with Gasteiger partial charge in [-0.1, -0.05) is 0 Å². The molecule has 0 spiro atoms. The summed E-state index contributed by atoms with van der Waals surface area (Å²) in [7, 11) is 2.25. The van der Waals surface area contributed by atoms with Crippen LogP contribution in [0.1, 0.15) is 32.6 Å². The average Bonchev–Trinajstić information content (AvgIpc) is 2.83. The van der Waals surface area contributed by atoms with Gasteiger partial charge in [0.05, 0.1) is 6.10 Å². The first-order chi connectivity index (χ1) is 7.66. The smallest absolute Gasteiger partial charge is 0.0552 e. The monoisotopic (exact) mass is 226 g/mol. The highest BCUT2D eigenvalue weighted by molar-refractivity contribution is 4.82. The number of hydrogen-bond acceptors (Lipinski definition) is 3. The van der Waals surface area contributed by atoms with Crippen molar-refractivity contribution in [1.82, 2.24) is 9.80 Å². The number of likely N-dealkylation sites (tertiary alicyclic amines) is 2. The Hall–Kier alpha value is -0.120. The first kappa shape index (κ1) is 12.3. The lowest BCUT2D eigenvalue weighted by Gasteiger charge is -2.23. The molecule has 0 aromatic heterocycles. The van der Waals surface area contributed by atoms with Gasteiger partial charge in [0.25, 0.3) is 0 Å². The molecule has 2 heterocycles. The highest BCUT2D eigenvalue weighted by Crippen LogP contribution is 2.22. The highest BCUT2D eigenvalue weighted by Gasteiger charge is 2.27. The fourth-order valence-electron chi connectivity index (χ4n) is 3.14. The lowest BCUT2D eigenvalue weighted by molar-refractivity contribution is 0.126. The second kappa shape index (κ2) is 5.48. The van der Waals surface area contributed by atoms with Crippen LogP contribution in [0.4, 0.5) is 0 Å². The fourth-order valence-corrected chi connectivity index (χ4v) is 3.14. The van der Waals surface area contributed by atoms with E-state index in [2.05, 4.69) is 16.8 Å². The molecule has 2 fully saturated rings. The number of nitrogens with zero attached hydrogens (tertiary/aromatic N) is 2. The summed E-state index contributed by atoms with van der Waals surface area (Å²) in [6, 6.07) is 0.811. The minimum absolute atomic E-state index is 0.126. The van der Waals surface area contributed by atoms with E-state index < -0.39 is 0 Å². The van der Waals surface area contributed by atoms with Crippen molar-refractivity contribution in [2.45, 2.75) is 44.8 Å². The molecule has 3 unspecified atom stereocenters. The average molecular weight is 226 g/mol. The van der Waals surface area contributed by atoms with Crippen LogP contribution in [-0.2, 0) is 0 Å². The van der Waals surface area contributed by atoms with Gasteiger partial charge < -0.3 is 14.9 Å². The Balaban J connectivity index is 1.67. The number of aliphatic hydroxyl groups is 1. The van der Waals surface area contributed by atoms with Gasteiger partial charge in [0, 0.05) is 12.6 Å². The molecule has 3 nitrogen and oxygen atoms in total. The lowest BCUT2D eigenvalue weighted by atomic mass is 10.0. The molecule has 2 aliphatic heterocycles. The van der Waals surface area contributed by atoms with Crippen molar-refractivity contribution >= 4 is 0 Å². The molecule has 0 aromatic carbocycles. The molecule has 2 saturated heterocycles. The van der Waals surface area contributed by atoms with Crippen LogP contribution in [0.2, 0.25) is 0 Å². The molecule has 0 aromatic rings. The quantitative estimate of drug-likeness (QED) is 0.779. The van der Waals surface area contributed by atoms with Crippen LogP contribution in [0.15, 0.2) is 0 Å². The maximum atomic E-state index is 9.56. The predicted octanol–water partition coefficient (Wildman–Crippen LogP) is 1.17. The molecule has 3 atom stereocenters. The standard InChI is InChI=1S/C13H26N2O/c1-11(16)12-5-8-15(10-12)9-6-13-4-3-7-14(13)2/h11-13,16H,3-10H2,1-2H3. The van der Waals surface area contributed by atoms with Crippen molar-refractivity contribution in [1.29, 1.82) is 0 Å². The molecule has 0 bridgehead atoms. The summed E-state index contributed by atoms with van der Waals surface area (Å²) in [6.45, 7) is 6.72. The zero-order valence-corrected chi connectivity index (χ0v) is 10.7. The normalized spacial score (nSPS) is 34.7. The molecule has 1 N–H and O–H groups in total. The van der Waals surface area contributed by atoms with Crippen LogP contribution in [0.25, 0.3) is 0 Å². The maximum absolute atomic E-state index is 9.56. The van der Waals surface area contributed by atoms with Gasteiger partial charge in [0.1, 0.15) is 0 Å². The van der Waals surface area contributed by atoms with Crippen LogP contribution in [0, 0.1) is 5.92 Å². The van der Waals surface area contributed by atoms with Crippen LogP contribution in [-0.4, -0.2) is 60.3 Å². The summed E-state index contributed by atoms with van der Waals surface area (Å²) in [6.07, 6.45) is 5.11. The Morgan fingerprint density at radius 1 is 1.31 bits per heavy atom. The minimum Gasteiger partial charge on any atom is -0.393 e. The van der Waals surface area contributed by atoms with E-state index >= 15 is 0 Å². The summed E-state index contributed by atoms with van der Waals surface area (Å²) in [4.78, 5) is 5.03. The Morgan fingerprint density at radius 2 is 2.12 bits per heavy atom. The highest BCUT2D eigenvalue weighted by atomic mass is 16.3. The summed E-state index contributed by atoms with van der Waals surface area (Å²) in [5, 5.41) is 9.56. The largest absolute Gasteiger partial charge is 0.393 e. The molecule has 0 aliphatic carbocycles. The van der Waals surface area contributed by atoms with Gasteiger partial charge in [0.2, 0.25) is 0 Å². The maximum Gasteiger partial charge on any atom is 0.0552 e. The summed E-state index contributed by atoms with van der Waals surface area (Å²) in [5.41, 5.74) is 0. The predicted molar refractivity (Wildman–Crippen MR) is 66.5 cm³/mol. The first-order valence-corrected chi connectivity index (χ1v) is 6.77. The van der Waals surface area contributed by atoms with Crippen molar-refractivity contribution in [3.63, 3.8) is 0 Å². The lowest BCUT2D eigenvalue weighted by Crippen LogP contribution is -2.31. The van der Waals surface area contributed by atoms with Crippen LogP contribution in [0.3, 0.4) is 0 Å². The van der Waals surface area contributed by atoms with Crippen LogP contribution < -0.4 is 0 Å². The van der Waals surface area contributed by atoms with Gasteiger partial charge in [-0.25, -0.2) is 0 Å². The van der Waals surface area contributed by atoms with E-state index in [1.165, 1.54) is 45.3 Å². The molecule has 0 amide bonds. The molecule has 2 rings (SSSR count). The Labute approximate surface area is 99.4 Å². The molecule has 16 heavy (non-hydrogen) atoms.